The maximum Gasteiger partial charge on any atom is 0.410 e. The zero-order chi connectivity index (χ0) is 36.7. The van der Waals surface area contributed by atoms with Gasteiger partial charge in [-0.2, -0.15) is 0 Å². The third-order valence-corrected chi connectivity index (χ3v) is 11.6. The summed E-state index contributed by atoms with van der Waals surface area (Å²) in [6.45, 7) is 2.97. The second-order valence-corrected chi connectivity index (χ2v) is 15.3. The van der Waals surface area contributed by atoms with Crippen molar-refractivity contribution in [2.45, 2.75) is 93.4 Å². The molecular formula is C33H38F3N5O9S. The van der Waals surface area contributed by atoms with Crippen molar-refractivity contribution in [1.29, 1.82) is 0 Å². The van der Waals surface area contributed by atoms with Gasteiger partial charge in [0.25, 0.3) is 5.91 Å². The van der Waals surface area contributed by atoms with E-state index in [1.54, 1.807) is 18.2 Å². The van der Waals surface area contributed by atoms with E-state index in [1.807, 2.05) is 4.72 Å². The summed E-state index contributed by atoms with van der Waals surface area (Å²) in [5, 5.41) is 3.98. The molecule has 6 rings (SSSR count). The molecule has 0 spiro atoms. The number of hydrogen-bond acceptors (Lipinski definition) is 9. The predicted octanol–water partition coefficient (Wildman–Crippen LogP) is 2.47. The predicted molar refractivity (Wildman–Crippen MR) is 172 cm³/mol. The van der Waals surface area contributed by atoms with Crippen LogP contribution in [0.15, 0.2) is 30.9 Å². The van der Waals surface area contributed by atoms with Gasteiger partial charge in [-0.3, -0.25) is 24.0 Å². The molecule has 5 atom stereocenters. The minimum Gasteiger partial charge on any atom is -0.450 e. The van der Waals surface area contributed by atoms with Gasteiger partial charge in [-0.05, 0) is 49.3 Å². The Morgan fingerprint density at radius 1 is 1.16 bits per heavy atom. The molecule has 3 aliphatic heterocycles. The molecule has 18 heteroatoms. The molecule has 0 unspecified atom stereocenters. The zero-order valence-electron chi connectivity index (χ0n) is 27.4. The van der Waals surface area contributed by atoms with Gasteiger partial charge in [0.05, 0.1) is 31.5 Å². The van der Waals surface area contributed by atoms with Crippen LogP contribution in [0.2, 0.25) is 0 Å². The van der Waals surface area contributed by atoms with E-state index >= 15 is 0 Å². The summed E-state index contributed by atoms with van der Waals surface area (Å²) in [4.78, 5) is 69.2. The number of amides is 5. The number of cyclic esters (lactones) is 1. The van der Waals surface area contributed by atoms with Crippen molar-refractivity contribution in [1.82, 2.24) is 25.2 Å². The highest BCUT2D eigenvalue weighted by Crippen LogP contribution is 2.45. The van der Waals surface area contributed by atoms with Crippen LogP contribution in [0, 0.1) is 11.7 Å². The molecule has 2 saturated carbocycles. The van der Waals surface area contributed by atoms with Crippen LogP contribution in [-0.4, -0.2) is 96.7 Å². The molecule has 3 N–H and O–H groups in total. The number of alkyl halides is 2. The average Bonchev–Trinajstić information content (AvgIpc) is 3.96. The Morgan fingerprint density at radius 2 is 1.90 bits per heavy atom. The smallest absolute Gasteiger partial charge is 0.410 e. The minimum atomic E-state index is -4.00. The summed E-state index contributed by atoms with van der Waals surface area (Å²) in [6.07, 6.45) is -1.30. The van der Waals surface area contributed by atoms with Gasteiger partial charge in [0.1, 0.15) is 29.5 Å². The van der Waals surface area contributed by atoms with Crippen LogP contribution in [0.25, 0.3) is 6.08 Å². The van der Waals surface area contributed by atoms with Crippen molar-refractivity contribution in [3.63, 3.8) is 0 Å². The summed E-state index contributed by atoms with van der Waals surface area (Å²) < 4.78 is 80.2. The van der Waals surface area contributed by atoms with Crippen molar-refractivity contribution >= 4 is 46.0 Å². The molecule has 3 fully saturated rings. The summed E-state index contributed by atoms with van der Waals surface area (Å²) in [7, 11) is -4.00. The van der Waals surface area contributed by atoms with Gasteiger partial charge in [0.15, 0.2) is 0 Å². The first-order valence-electron chi connectivity index (χ1n) is 16.7. The van der Waals surface area contributed by atoms with E-state index in [1.165, 1.54) is 17.0 Å². The Morgan fingerprint density at radius 3 is 2.59 bits per heavy atom. The summed E-state index contributed by atoms with van der Waals surface area (Å²) in [5.74, 6) is -4.22. The molecule has 1 saturated heterocycles. The highest BCUT2D eigenvalue weighted by Gasteiger charge is 2.62. The molecule has 0 aromatic heterocycles. The van der Waals surface area contributed by atoms with E-state index in [0.717, 1.165) is 4.90 Å². The number of ether oxygens (including phenoxy) is 2. The normalized spacial score (nSPS) is 28.8. The number of sulfonamides is 1. The third kappa shape index (κ3) is 7.69. The minimum absolute atomic E-state index is 0.00198. The lowest BCUT2D eigenvalue weighted by Crippen LogP contribution is -2.58. The van der Waals surface area contributed by atoms with Crippen LogP contribution in [0.5, 0.6) is 0 Å². The fourth-order valence-electron chi connectivity index (χ4n) is 6.73. The van der Waals surface area contributed by atoms with E-state index in [0.29, 0.717) is 42.4 Å². The van der Waals surface area contributed by atoms with Crippen molar-refractivity contribution < 1.29 is 55.0 Å². The van der Waals surface area contributed by atoms with Gasteiger partial charge < -0.3 is 25.0 Å². The van der Waals surface area contributed by atoms with Crippen LogP contribution < -0.4 is 15.4 Å². The van der Waals surface area contributed by atoms with Crippen LogP contribution in [0.1, 0.15) is 61.6 Å². The standard InChI is InChI=1S/C33H38F3N5O9S/c1-2-19-14-33(19,30(44)39-51(47,48)21-8-9-21)38-28(42)26-12-20-15-41(26)29(43)25(13-27(35)36)37-31(45)49-11-5-3-4-6-18-7-10-24(34)23-17-40(16-22(18)23)32(46)50-20/h2,4,6-7,10,19-21,25-27H,1,3,5,8-9,11-17H2,(H,37,45)(H,38,42)(H,39,44)/b6-4+/t19-,20-,25+,26+,33-/m1/s1. The average molecular weight is 738 g/mol. The monoisotopic (exact) mass is 737 g/mol. The Balaban J connectivity index is 1.27. The first-order valence-corrected chi connectivity index (χ1v) is 18.2. The molecule has 51 heavy (non-hydrogen) atoms. The number of rotatable bonds is 8. The molecule has 4 bridgehead atoms. The molecular weight excluding hydrogens is 699 g/mol. The number of carbonyl (C=O) groups is 5. The summed E-state index contributed by atoms with van der Waals surface area (Å²) in [5.41, 5.74) is -0.187. The highest BCUT2D eigenvalue weighted by molar-refractivity contribution is 7.91. The second-order valence-electron chi connectivity index (χ2n) is 13.4. The zero-order valence-corrected chi connectivity index (χ0v) is 28.3. The SMILES string of the molecule is C=C[C@@H]1C[C@]1(NC(=O)[C@@H]1C[C@@H]2CN1C(=O)[C@H](CC(F)F)NC(=O)OCCC/C=C/c1ccc(F)c3c1CN(C3)C(=O)O2)C(=O)NS(=O)(=O)C1CC1. The first kappa shape index (κ1) is 36.2. The van der Waals surface area contributed by atoms with Gasteiger partial charge in [-0.25, -0.2) is 31.2 Å². The van der Waals surface area contributed by atoms with Gasteiger partial charge in [0.2, 0.25) is 28.3 Å². The topological polar surface area (TPSA) is 181 Å². The number of benzene rings is 1. The lowest BCUT2D eigenvalue weighted by molar-refractivity contribution is -0.141. The van der Waals surface area contributed by atoms with Crippen molar-refractivity contribution in [2.75, 3.05) is 13.2 Å². The second kappa shape index (κ2) is 14.2. The van der Waals surface area contributed by atoms with Gasteiger partial charge in [-0.1, -0.05) is 24.3 Å². The van der Waals surface area contributed by atoms with Crippen LogP contribution in [0.3, 0.4) is 0 Å². The molecule has 5 amide bonds. The lowest BCUT2D eigenvalue weighted by atomic mass is 10.0. The molecule has 3 heterocycles. The van der Waals surface area contributed by atoms with Crippen LogP contribution >= 0.6 is 0 Å². The molecule has 2 aliphatic carbocycles. The van der Waals surface area contributed by atoms with Gasteiger partial charge in [0, 0.05) is 24.3 Å². The number of carbonyl (C=O) groups excluding carboxylic acids is 5. The van der Waals surface area contributed by atoms with Crippen LogP contribution in [-0.2, 0) is 47.0 Å². The number of nitrogens with zero attached hydrogens (tertiary/aromatic N) is 2. The number of alkyl carbamates (subject to hydrolysis) is 1. The number of fused-ring (bicyclic) bond motifs is 3. The lowest BCUT2D eigenvalue weighted by Gasteiger charge is -2.29. The van der Waals surface area contributed by atoms with Gasteiger partial charge in [-0.15, -0.1) is 6.58 Å². The maximum atomic E-state index is 14.8. The number of nitrogens with one attached hydrogen (secondary N) is 3. The Kier molecular flexibility index (Phi) is 10.1. The van der Waals surface area contributed by atoms with Gasteiger partial charge >= 0.3 is 12.2 Å². The molecule has 1 aromatic rings. The number of allylic oxidation sites excluding steroid dienone is 1. The highest BCUT2D eigenvalue weighted by atomic mass is 32.2. The Labute approximate surface area is 291 Å². The number of halogens is 3. The number of hydrogen-bond donors (Lipinski definition) is 3. The van der Waals surface area contributed by atoms with Crippen molar-refractivity contribution in [2.24, 2.45) is 5.92 Å². The van der Waals surface area contributed by atoms with E-state index in [-0.39, 0.29) is 32.5 Å². The Bertz CT molecular complexity index is 1770. The van der Waals surface area contributed by atoms with Crippen molar-refractivity contribution in [3.05, 3.63) is 53.4 Å². The van der Waals surface area contributed by atoms with E-state index in [9.17, 15) is 45.6 Å². The first-order chi connectivity index (χ1) is 24.2. The molecule has 276 valence electrons. The van der Waals surface area contributed by atoms with E-state index in [4.69, 9.17) is 9.47 Å². The quantitative estimate of drug-likeness (QED) is 0.338. The molecule has 0 radical (unpaired) electrons. The molecule has 1 aromatic carbocycles. The fraction of sp³-hybridized carbons (Fsp3) is 0.545. The van der Waals surface area contributed by atoms with Crippen molar-refractivity contribution in [3.8, 4) is 0 Å². The van der Waals surface area contributed by atoms with E-state index < -0.39 is 100 Å². The van der Waals surface area contributed by atoms with Crippen LogP contribution in [0.4, 0.5) is 22.8 Å². The maximum absolute atomic E-state index is 14.8. The summed E-state index contributed by atoms with van der Waals surface area (Å²) >= 11 is 0. The Hall–Kier alpha value is -4.61. The van der Waals surface area contributed by atoms with E-state index in [2.05, 4.69) is 17.2 Å². The molecule has 14 nitrogen and oxygen atoms in total. The largest absolute Gasteiger partial charge is 0.450 e. The third-order valence-electron chi connectivity index (χ3n) is 9.78. The summed E-state index contributed by atoms with van der Waals surface area (Å²) in [6, 6.07) is -0.485. The molecule has 5 aliphatic rings. The fourth-order valence-corrected chi connectivity index (χ4v) is 8.10.